The van der Waals surface area contributed by atoms with Crippen LogP contribution >= 0.6 is 0 Å². The number of hydrogen-bond donors (Lipinski definition) is 1. The number of anilines is 2. The Morgan fingerprint density at radius 1 is 0.550 bits per heavy atom. The van der Waals surface area contributed by atoms with Crippen molar-refractivity contribution in [3.8, 4) is 0 Å². The molecule has 2 unspecified atom stereocenters. The van der Waals surface area contributed by atoms with Crippen molar-refractivity contribution in [1.82, 2.24) is 18.3 Å². The van der Waals surface area contributed by atoms with Gasteiger partial charge in [0.1, 0.15) is 18.4 Å². The molecular formula is C44H36N6O10. The van der Waals surface area contributed by atoms with E-state index in [-0.39, 0.29) is 29.5 Å². The van der Waals surface area contributed by atoms with Gasteiger partial charge in [0.2, 0.25) is 11.8 Å². The van der Waals surface area contributed by atoms with Crippen LogP contribution in [0.1, 0.15) is 61.6 Å². The van der Waals surface area contributed by atoms with Crippen LogP contribution in [-0.2, 0) is 16.2 Å². The van der Waals surface area contributed by atoms with Crippen molar-refractivity contribution >= 4 is 41.3 Å². The Kier molecular flexibility index (Phi) is 11.7. The summed E-state index contributed by atoms with van der Waals surface area (Å²) in [5.74, 6) is -2.10. The van der Waals surface area contributed by atoms with Gasteiger partial charge in [-0.05, 0) is 79.1 Å². The minimum atomic E-state index is -0.854. The van der Waals surface area contributed by atoms with Gasteiger partial charge in [-0.2, -0.15) is 9.13 Å². The smallest absolute Gasteiger partial charge is 0.338 e. The summed E-state index contributed by atoms with van der Waals surface area (Å²) in [5.41, 5.74) is -0.309. The third kappa shape index (κ3) is 7.86. The first-order valence-corrected chi connectivity index (χ1v) is 18.8. The van der Waals surface area contributed by atoms with Gasteiger partial charge in [0.05, 0.1) is 6.61 Å². The van der Waals surface area contributed by atoms with Crippen molar-refractivity contribution in [3.63, 3.8) is 0 Å². The molecule has 8 rings (SSSR count). The average Bonchev–Trinajstić information content (AvgIpc) is 3.86. The summed E-state index contributed by atoms with van der Waals surface area (Å²) in [6.07, 6.45) is 3.93. The molecule has 302 valence electrons. The van der Waals surface area contributed by atoms with Gasteiger partial charge in [-0.25, -0.2) is 9.59 Å². The molecule has 6 aromatic rings. The quantitative estimate of drug-likeness (QED) is 0.223. The van der Waals surface area contributed by atoms with Gasteiger partial charge in [-0.1, -0.05) is 48.5 Å². The van der Waals surface area contributed by atoms with Crippen LogP contribution in [0.25, 0.3) is 0 Å². The first kappa shape index (κ1) is 40.4. The zero-order valence-corrected chi connectivity index (χ0v) is 31.8. The van der Waals surface area contributed by atoms with E-state index in [1.54, 1.807) is 89.8 Å². The van der Waals surface area contributed by atoms with Crippen molar-refractivity contribution in [2.45, 2.75) is 31.5 Å². The summed E-state index contributed by atoms with van der Waals surface area (Å²) in [6, 6.07) is 30.1. The molecule has 0 aliphatic carbocycles. The van der Waals surface area contributed by atoms with E-state index in [9.17, 15) is 43.2 Å². The molecule has 2 fully saturated rings. The second kappa shape index (κ2) is 17.3. The van der Waals surface area contributed by atoms with Crippen molar-refractivity contribution in [3.05, 3.63) is 198 Å². The van der Waals surface area contributed by atoms with Gasteiger partial charge in [0, 0.05) is 65.7 Å². The molecule has 2 amide bonds. The minimum Gasteiger partial charge on any atom is -0.392 e. The highest BCUT2D eigenvalue weighted by Crippen LogP contribution is 2.29. The van der Waals surface area contributed by atoms with E-state index in [4.69, 9.17) is 5.11 Å². The van der Waals surface area contributed by atoms with E-state index < -0.39 is 46.4 Å². The number of aliphatic hydroxyl groups is 1. The van der Waals surface area contributed by atoms with Gasteiger partial charge >= 0.3 is 11.4 Å². The second-order valence-corrected chi connectivity index (χ2v) is 13.8. The number of rotatable bonds is 8. The summed E-state index contributed by atoms with van der Waals surface area (Å²) >= 11 is 0. The number of carbonyl (C=O) groups excluding carboxylic acids is 5. The molecule has 2 atom stereocenters. The summed E-state index contributed by atoms with van der Waals surface area (Å²) in [4.78, 5) is 116. The molecule has 2 aliphatic rings. The highest BCUT2D eigenvalue weighted by atomic mass is 16.3. The maximum Gasteiger partial charge on any atom is 0.338 e. The number of hydrogen-bond acceptors (Lipinski definition) is 10. The number of nitrogens with zero attached hydrogens (tertiary/aromatic N) is 6. The molecule has 0 bridgehead atoms. The van der Waals surface area contributed by atoms with Crippen LogP contribution in [0.3, 0.4) is 0 Å². The molecule has 4 aromatic carbocycles. The Bertz CT molecular complexity index is 2850. The molecular weight excluding hydrogens is 773 g/mol. The van der Waals surface area contributed by atoms with Crippen LogP contribution in [0.15, 0.2) is 153 Å². The maximum absolute atomic E-state index is 13.0. The molecule has 0 radical (unpaired) electrons. The summed E-state index contributed by atoms with van der Waals surface area (Å²) in [6.45, 7) is 0.658. The predicted octanol–water partition coefficient (Wildman–Crippen LogP) is 2.66. The summed E-state index contributed by atoms with van der Waals surface area (Å²) in [7, 11) is 0. The Balaban J connectivity index is 0.000000181. The normalized spacial score (nSPS) is 16.0. The van der Waals surface area contributed by atoms with Gasteiger partial charge in [-0.15, -0.1) is 0 Å². The number of benzene rings is 4. The lowest BCUT2D eigenvalue weighted by Gasteiger charge is -2.18. The third-order valence-electron chi connectivity index (χ3n) is 10.3. The molecule has 16 heteroatoms. The van der Waals surface area contributed by atoms with Crippen molar-refractivity contribution < 1.29 is 29.1 Å². The van der Waals surface area contributed by atoms with E-state index in [0.717, 1.165) is 26.8 Å². The average molecular weight is 809 g/mol. The highest BCUT2D eigenvalue weighted by Gasteiger charge is 2.36. The fourth-order valence-corrected chi connectivity index (χ4v) is 7.12. The van der Waals surface area contributed by atoms with Gasteiger partial charge in [0.25, 0.3) is 22.9 Å². The van der Waals surface area contributed by atoms with E-state index >= 15 is 0 Å². The molecule has 2 aromatic heterocycles. The van der Waals surface area contributed by atoms with Gasteiger partial charge in [0.15, 0.2) is 0 Å². The van der Waals surface area contributed by atoms with Gasteiger partial charge < -0.3 is 14.9 Å². The van der Waals surface area contributed by atoms with Crippen molar-refractivity contribution in [1.29, 1.82) is 0 Å². The number of aldehydes is 1. The lowest BCUT2D eigenvalue weighted by molar-refractivity contribution is -0.120. The van der Waals surface area contributed by atoms with E-state index in [2.05, 4.69) is 0 Å². The summed E-state index contributed by atoms with van der Waals surface area (Å²) in [5, 5.41) is 9.17. The van der Waals surface area contributed by atoms with E-state index in [0.29, 0.717) is 58.3 Å². The lowest BCUT2D eigenvalue weighted by Crippen LogP contribution is -2.45. The van der Waals surface area contributed by atoms with E-state index in [1.807, 2.05) is 0 Å². The fraction of sp³-hybridized carbons (Fsp3) is 0.159. The van der Waals surface area contributed by atoms with Crippen molar-refractivity contribution in [2.24, 2.45) is 0 Å². The minimum absolute atomic E-state index is 0.0940. The first-order chi connectivity index (χ1) is 29.0. The van der Waals surface area contributed by atoms with Crippen LogP contribution in [0.5, 0.6) is 0 Å². The highest BCUT2D eigenvalue weighted by molar-refractivity contribution is 6.00. The topological polar surface area (TPSA) is 200 Å². The second-order valence-electron chi connectivity index (χ2n) is 13.8. The SMILES string of the molecule is O=C1C(n2ccc(=O)n(C(=O)c3ccccc3)c2=O)CCN1c1ccc(CO)cc1.O=Cc1ccc(N2CCC(n3ccc(=O)n(C(=O)c4ccccc4)c3=O)C2=O)cc1. The van der Waals surface area contributed by atoms with Crippen LogP contribution in [-0.4, -0.2) is 66.4 Å². The molecule has 0 saturated carbocycles. The molecule has 60 heavy (non-hydrogen) atoms. The number of amides is 2. The van der Waals surface area contributed by atoms with Crippen molar-refractivity contribution in [2.75, 3.05) is 22.9 Å². The molecule has 0 spiro atoms. The molecule has 4 heterocycles. The van der Waals surface area contributed by atoms with Crippen LogP contribution in [0.2, 0.25) is 0 Å². The Morgan fingerprint density at radius 3 is 1.33 bits per heavy atom. The molecule has 16 nitrogen and oxygen atoms in total. The Morgan fingerprint density at radius 2 is 0.950 bits per heavy atom. The van der Waals surface area contributed by atoms with E-state index in [1.165, 1.54) is 41.6 Å². The standard InChI is InChI=1S/C22H19N3O5.C22H17N3O5/c2*26-14-15-6-8-17(9-7-15)23-12-10-18(21(23)29)24-13-11-19(27)25(22(24)30)20(28)16-4-2-1-3-5-16/h1-9,11,13,18,26H,10,12,14H2;1-9,11,13-14,18H,10,12H2. The zero-order valence-electron chi connectivity index (χ0n) is 31.8. The Labute approximate surface area is 340 Å². The molecule has 2 saturated heterocycles. The third-order valence-corrected chi connectivity index (χ3v) is 10.3. The monoisotopic (exact) mass is 808 g/mol. The predicted molar refractivity (Wildman–Crippen MR) is 218 cm³/mol. The molecule has 1 N–H and O–H groups in total. The molecule has 2 aliphatic heterocycles. The summed E-state index contributed by atoms with van der Waals surface area (Å²) < 4.78 is 3.38. The van der Waals surface area contributed by atoms with Crippen LogP contribution in [0.4, 0.5) is 11.4 Å². The zero-order chi connectivity index (χ0) is 42.5. The number of aliphatic hydroxyl groups excluding tert-OH is 1. The van der Waals surface area contributed by atoms with Gasteiger partial charge in [-0.3, -0.25) is 42.7 Å². The lowest BCUT2D eigenvalue weighted by atomic mass is 10.2. The Hall–Kier alpha value is -7.85. The van der Waals surface area contributed by atoms with Crippen LogP contribution in [0, 0.1) is 0 Å². The fourth-order valence-electron chi connectivity index (χ4n) is 7.12. The number of aromatic nitrogens is 4. The maximum atomic E-state index is 13.0. The largest absolute Gasteiger partial charge is 0.392 e. The first-order valence-electron chi connectivity index (χ1n) is 18.8. The van der Waals surface area contributed by atoms with Crippen LogP contribution < -0.4 is 32.3 Å². The number of carbonyl (C=O) groups is 5.